The number of halogens is 1. The van der Waals surface area contributed by atoms with E-state index in [9.17, 15) is 9.18 Å². The molecule has 5 rings (SSSR count). The number of hydrogen-bond acceptors (Lipinski definition) is 4. The van der Waals surface area contributed by atoms with E-state index in [1.165, 1.54) is 24.3 Å². The van der Waals surface area contributed by atoms with Crippen molar-refractivity contribution in [1.29, 1.82) is 0 Å². The molecule has 0 bridgehead atoms. The lowest BCUT2D eigenvalue weighted by molar-refractivity contribution is 0.102. The van der Waals surface area contributed by atoms with E-state index in [0.717, 1.165) is 43.0 Å². The van der Waals surface area contributed by atoms with E-state index in [1.54, 1.807) is 0 Å². The summed E-state index contributed by atoms with van der Waals surface area (Å²) in [7, 11) is 0. The lowest BCUT2D eigenvalue weighted by Gasteiger charge is -2.33. The van der Waals surface area contributed by atoms with Crippen LogP contribution in [0.5, 0.6) is 11.5 Å². The van der Waals surface area contributed by atoms with Crippen LogP contribution in [0.25, 0.3) is 0 Å². The Morgan fingerprint density at radius 2 is 1.78 bits per heavy atom. The molecular formula is C26H24FN3O2. The first-order valence-corrected chi connectivity index (χ1v) is 10.9. The van der Waals surface area contributed by atoms with Gasteiger partial charge in [0.1, 0.15) is 23.1 Å². The molecule has 5 nitrogen and oxygen atoms in total. The van der Waals surface area contributed by atoms with Gasteiger partial charge in [-0.15, -0.1) is 0 Å². The Morgan fingerprint density at radius 1 is 1.03 bits per heavy atom. The number of para-hydroxylation sites is 2. The molecule has 0 unspecified atom stereocenters. The van der Waals surface area contributed by atoms with Gasteiger partial charge < -0.3 is 15.0 Å². The molecule has 2 aliphatic rings. The Morgan fingerprint density at radius 3 is 2.56 bits per heavy atom. The quantitative estimate of drug-likeness (QED) is 0.544. The lowest BCUT2D eigenvalue weighted by Crippen LogP contribution is -2.38. The highest BCUT2D eigenvalue weighted by Crippen LogP contribution is 2.39. The number of fused-ring (bicyclic) bond motifs is 2. The van der Waals surface area contributed by atoms with Crippen molar-refractivity contribution in [3.05, 3.63) is 83.7 Å². The van der Waals surface area contributed by atoms with Gasteiger partial charge in [0.15, 0.2) is 5.75 Å². The highest BCUT2D eigenvalue weighted by molar-refractivity contribution is 6.07. The minimum Gasteiger partial charge on any atom is -0.454 e. The number of aliphatic imine (C=N–C) groups is 1. The first-order valence-electron chi connectivity index (χ1n) is 10.9. The monoisotopic (exact) mass is 429 g/mol. The summed E-state index contributed by atoms with van der Waals surface area (Å²) in [6.07, 6.45) is 2.22. The number of carbonyl (C=O) groups is 1. The molecule has 1 amide bonds. The maximum absolute atomic E-state index is 13.2. The molecule has 0 radical (unpaired) electrons. The van der Waals surface area contributed by atoms with Crippen LogP contribution in [0.2, 0.25) is 0 Å². The minimum atomic E-state index is -0.375. The standard InChI is InChI=1S/C26H24FN3O2/c1-17-12-14-30(15-13-17)25-21-16-20(28-26(31)18-6-8-19(27)9-7-18)10-11-23(21)32-24-5-3-2-4-22(24)29-25/h2-11,16-17H,12-15H2,1H3,(H,28,31). The number of hydrogen-bond donors (Lipinski definition) is 1. The van der Waals surface area contributed by atoms with Gasteiger partial charge in [-0.1, -0.05) is 19.1 Å². The van der Waals surface area contributed by atoms with Crippen molar-refractivity contribution in [2.45, 2.75) is 19.8 Å². The normalized spacial score (nSPS) is 15.7. The zero-order valence-electron chi connectivity index (χ0n) is 17.8. The number of nitrogens with zero attached hydrogens (tertiary/aromatic N) is 2. The zero-order valence-corrected chi connectivity index (χ0v) is 17.8. The zero-order chi connectivity index (χ0) is 22.1. The van der Waals surface area contributed by atoms with Crippen molar-refractivity contribution >= 4 is 23.1 Å². The van der Waals surface area contributed by atoms with Crippen LogP contribution >= 0.6 is 0 Å². The third-order valence-corrected chi connectivity index (χ3v) is 5.98. The topological polar surface area (TPSA) is 53.9 Å². The van der Waals surface area contributed by atoms with Gasteiger partial charge in [0.05, 0.1) is 5.56 Å². The number of amides is 1. The average molecular weight is 429 g/mol. The lowest BCUT2D eigenvalue weighted by atomic mass is 9.98. The summed E-state index contributed by atoms with van der Waals surface area (Å²) in [6, 6.07) is 18.8. The number of piperidine rings is 1. The molecule has 0 spiro atoms. The van der Waals surface area contributed by atoms with E-state index in [4.69, 9.17) is 9.73 Å². The maximum Gasteiger partial charge on any atom is 0.255 e. The van der Waals surface area contributed by atoms with Crippen molar-refractivity contribution in [1.82, 2.24) is 4.90 Å². The molecule has 0 saturated carbocycles. The van der Waals surface area contributed by atoms with Crippen LogP contribution in [0.15, 0.2) is 71.7 Å². The largest absolute Gasteiger partial charge is 0.454 e. The van der Waals surface area contributed by atoms with E-state index in [0.29, 0.717) is 28.7 Å². The van der Waals surface area contributed by atoms with Gasteiger partial charge in [-0.05, 0) is 73.4 Å². The van der Waals surface area contributed by atoms with Gasteiger partial charge in [0.25, 0.3) is 5.91 Å². The molecule has 0 aromatic heterocycles. The summed E-state index contributed by atoms with van der Waals surface area (Å²) in [4.78, 5) is 19.9. The van der Waals surface area contributed by atoms with Gasteiger partial charge in [0.2, 0.25) is 0 Å². The van der Waals surface area contributed by atoms with Crippen molar-refractivity contribution in [2.75, 3.05) is 18.4 Å². The second-order valence-corrected chi connectivity index (χ2v) is 8.35. The van der Waals surface area contributed by atoms with E-state index >= 15 is 0 Å². The van der Waals surface area contributed by atoms with Crippen molar-refractivity contribution in [3.8, 4) is 11.5 Å². The second kappa shape index (κ2) is 8.46. The predicted octanol–water partition coefficient (Wildman–Crippen LogP) is 5.99. The Hall–Kier alpha value is -3.67. The van der Waals surface area contributed by atoms with Crippen LogP contribution in [0.1, 0.15) is 35.7 Å². The summed E-state index contributed by atoms with van der Waals surface area (Å²) in [5.41, 5.74) is 2.65. The number of anilines is 1. The molecule has 1 saturated heterocycles. The molecule has 2 aliphatic heterocycles. The van der Waals surface area contributed by atoms with Gasteiger partial charge in [-0.25, -0.2) is 9.38 Å². The number of ether oxygens (including phenoxy) is 1. The summed E-state index contributed by atoms with van der Waals surface area (Å²) in [5, 5.41) is 2.91. The summed E-state index contributed by atoms with van der Waals surface area (Å²) < 4.78 is 19.4. The van der Waals surface area contributed by atoms with Gasteiger partial charge in [0, 0.05) is 24.3 Å². The van der Waals surface area contributed by atoms with Gasteiger partial charge in [-0.3, -0.25) is 4.79 Å². The first-order chi connectivity index (χ1) is 15.6. The number of nitrogens with one attached hydrogen (secondary N) is 1. The molecule has 0 aliphatic carbocycles. The Labute approximate surface area is 186 Å². The van der Waals surface area contributed by atoms with E-state index in [-0.39, 0.29) is 11.7 Å². The summed E-state index contributed by atoms with van der Waals surface area (Å²) in [6.45, 7) is 4.13. The molecule has 0 atom stereocenters. The highest BCUT2D eigenvalue weighted by Gasteiger charge is 2.26. The number of carbonyl (C=O) groups excluding carboxylic acids is 1. The van der Waals surface area contributed by atoms with E-state index in [2.05, 4.69) is 17.1 Å². The van der Waals surface area contributed by atoms with Crippen LogP contribution in [0, 0.1) is 11.7 Å². The summed E-state index contributed by atoms with van der Waals surface area (Å²) >= 11 is 0. The fourth-order valence-electron chi connectivity index (χ4n) is 4.07. The van der Waals surface area contributed by atoms with Crippen LogP contribution < -0.4 is 10.1 Å². The third kappa shape index (κ3) is 4.08. The predicted molar refractivity (Wildman–Crippen MR) is 123 cm³/mol. The minimum absolute atomic E-state index is 0.298. The van der Waals surface area contributed by atoms with Crippen LogP contribution in [0.4, 0.5) is 15.8 Å². The molecular weight excluding hydrogens is 405 g/mol. The second-order valence-electron chi connectivity index (χ2n) is 8.35. The molecule has 2 heterocycles. The van der Waals surface area contributed by atoms with E-state index < -0.39 is 0 Å². The Bertz CT molecular complexity index is 1180. The molecule has 1 fully saturated rings. The molecule has 162 valence electrons. The van der Waals surface area contributed by atoms with Crippen LogP contribution in [0.3, 0.4) is 0 Å². The Balaban J connectivity index is 1.51. The van der Waals surface area contributed by atoms with E-state index in [1.807, 2.05) is 42.5 Å². The SMILES string of the molecule is CC1CCN(C2=Nc3ccccc3Oc3ccc(NC(=O)c4ccc(F)cc4)cc32)CC1. The molecule has 3 aromatic carbocycles. The van der Waals surface area contributed by atoms with Crippen molar-refractivity contribution in [3.63, 3.8) is 0 Å². The fraction of sp³-hybridized carbons (Fsp3) is 0.231. The summed E-state index contributed by atoms with van der Waals surface area (Å²) in [5.74, 6) is 2.29. The van der Waals surface area contributed by atoms with Gasteiger partial charge in [-0.2, -0.15) is 0 Å². The molecule has 32 heavy (non-hydrogen) atoms. The number of benzene rings is 3. The smallest absolute Gasteiger partial charge is 0.255 e. The third-order valence-electron chi connectivity index (χ3n) is 5.98. The highest BCUT2D eigenvalue weighted by atomic mass is 19.1. The van der Waals surface area contributed by atoms with Crippen molar-refractivity contribution in [2.24, 2.45) is 10.9 Å². The van der Waals surface area contributed by atoms with Gasteiger partial charge >= 0.3 is 0 Å². The van der Waals surface area contributed by atoms with Crippen LogP contribution in [-0.4, -0.2) is 29.7 Å². The maximum atomic E-state index is 13.2. The number of likely N-dealkylation sites (tertiary alicyclic amines) is 1. The van der Waals surface area contributed by atoms with Crippen molar-refractivity contribution < 1.29 is 13.9 Å². The molecule has 6 heteroatoms. The fourth-order valence-corrected chi connectivity index (χ4v) is 4.07. The molecule has 1 N–H and O–H groups in total. The molecule has 3 aromatic rings. The Kier molecular flexibility index (Phi) is 5.35. The number of rotatable bonds is 2. The average Bonchev–Trinajstić information content (AvgIpc) is 2.96. The first kappa shape index (κ1) is 20.2. The van der Waals surface area contributed by atoms with Crippen LogP contribution in [-0.2, 0) is 0 Å². The number of amidine groups is 1.